The topological polar surface area (TPSA) is 67.9 Å². The molecule has 5 nitrogen and oxygen atoms in total. The summed E-state index contributed by atoms with van der Waals surface area (Å²) in [6.45, 7) is 4.50. The minimum atomic E-state index is -0.419. The summed E-state index contributed by atoms with van der Waals surface area (Å²) < 4.78 is 5.82. The van der Waals surface area contributed by atoms with Crippen LogP contribution in [-0.4, -0.2) is 15.0 Å². The quantitative estimate of drug-likeness (QED) is 0.543. The zero-order valence-electron chi connectivity index (χ0n) is 16.3. The van der Waals surface area contributed by atoms with E-state index >= 15 is 0 Å². The van der Waals surface area contributed by atoms with Crippen molar-refractivity contribution in [3.8, 4) is 28.5 Å². The maximum absolute atomic E-state index is 12.2. The van der Waals surface area contributed by atoms with Gasteiger partial charge < -0.3 is 4.74 Å². The molecule has 0 saturated heterocycles. The molecule has 4 rings (SSSR count). The molecule has 0 aliphatic carbocycles. The van der Waals surface area contributed by atoms with Gasteiger partial charge in [-0.2, -0.15) is 4.98 Å². The number of ether oxygens (including phenoxy) is 1. The lowest BCUT2D eigenvalue weighted by atomic mass is 10.0. The number of hydrogen-bond donors (Lipinski definition) is 1. The highest BCUT2D eigenvalue weighted by molar-refractivity contribution is 5.66. The van der Waals surface area contributed by atoms with Crippen LogP contribution in [0.5, 0.6) is 5.75 Å². The molecule has 1 aromatic heterocycles. The van der Waals surface area contributed by atoms with Gasteiger partial charge >= 0.3 is 5.69 Å². The highest BCUT2D eigenvalue weighted by atomic mass is 16.5. The number of nitrogens with zero attached hydrogens (tertiary/aromatic N) is 2. The van der Waals surface area contributed by atoms with Crippen LogP contribution in [0.2, 0.25) is 0 Å². The van der Waals surface area contributed by atoms with E-state index in [1.807, 2.05) is 86.6 Å². The molecule has 29 heavy (non-hydrogen) atoms. The van der Waals surface area contributed by atoms with Crippen molar-refractivity contribution in [3.63, 3.8) is 0 Å². The second kappa shape index (κ2) is 8.10. The van der Waals surface area contributed by atoms with Gasteiger partial charge in [0.15, 0.2) is 5.82 Å². The molecule has 0 spiro atoms. The summed E-state index contributed by atoms with van der Waals surface area (Å²) in [5, 5.41) is 0. The van der Waals surface area contributed by atoms with Gasteiger partial charge in [0.2, 0.25) is 0 Å². The van der Waals surface area contributed by atoms with Gasteiger partial charge in [0, 0.05) is 11.1 Å². The van der Waals surface area contributed by atoms with Gasteiger partial charge in [0.1, 0.15) is 18.2 Å². The van der Waals surface area contributed by atoms with Gasteiger partial charge in [-0.1, -0.05) is 48.5 Å². The molecule has 0 aliphatic heterocycles. The smallest absolute Gasteiger partial charge is 0.348 e. The largest absolute Gasteiger partial charge is 0.489 e. The van der Waals surface area contributed by atoms with Gasteiger partial charge in [-0.15, -0.1) is 0 Å². The molecule has 1 N–H and O–H groups in total. The van der Waals surface area contributed by atoms with Crippen LogP contribution in [0.25, 0.3) is 22.8 Å². The van der Waals surface area contributed by atoms with Crippen molar-refractivity contribution in [1.29, 1.82) is 0 Å². The fourth-order valence-electron chi connectivity index (χ4n) is 3.26. The first-order chi connectivity index (χ1) is 14.1. The zero-order chi connectivity index (χ0) is 20.2. The minimum absolute atomic E-state index is 0.390. The van der Waals surface area contributed by atoms with E-state index in [0.717, 1.165) is 33.6 Å². The summed E-state index contributed by atoms with van der Waals surface area (Å²) in [7, 11) is 0. The summed E-state index contributed by atoms with van der Waals surface area (Å²) in [5.74, 6) is 1.67. The van der Waals surface area contributed by atoms with Crippen molar-refractivity contribution in [2.24, 2.45) is 0 Å². The predicted octanol–water partition coefficient (Wildman–Crippen LogP) is 4.69. The number of aryl methyl sites for hydroxylation is 2. The van der Waals surface area contributed by atoms with Crippen molar-refractivity contribution in [2.75, 3.05) is 0 Å². The van der Waals surface area contributed by atoms with Gasteiger partial charge in [-0.05, 0) is 54.8 Å². The molecule has 0 aliphatic rings. The summed E-state index contributed by atoms with van der Waals surface area (Å²) in [5.41, 5.74) is 4.47. The van der Waals surface area contributed by atoms with Gasteiger partial charge in [0.05, 0.1) is 0 Å². The number of aromatic nitrogens is 3. The molecule has 0 bridgehead atoms. The van der Waals surface area contributed by atoms with Crippen molar-refractivity contribution >= 4 is 0 Å². The molecule has 144 valence electrons. The standard InChI is InChI=1S/C24H21N3O2/c1-16-7-6-8-17(2)21(16)23-25-22(26-24(28)27-23)19-11-13-20(14-12-19)29-15-18-9-4-3-5-10-18/h3-14H,15H2,1-2H3,(H,25,26,27,28). The molecule has 1 heterocycles. The SMILES string of the molecule is Cc1cccc(C)c1-c1nc(-c2ccc(OCc3ccccc3)cc2)nc(=O)[nH]1. The average Bonchev–Trinajstić information content (AvgIpc) is 2.73. The third-order valence-electron chi connectivity index (χ3n) is 4.73. The monoisotopic (exact) mass is 383 g/mol. The zero-order valence-corrected chi connectivity index (χ0v) is 16.3. The third kappa shape index (κ3) is 4.24. The molecule has 3 aromatic carbocycles. The van der Waals surface area contributed by atoms with E-state index in [4.69, 9.17) is 4.74 Å². The Kier molecular flexibility index (Phi) is 5.20. The Balaban J connectivity index is 1.60. The van der Waals surface area contributed by atoms with E-state index in [0.29, 0.717) is 18.3 Å². The van der Waals surface area contributed by atoms with Crippen LogP contribution >= 0.6 is 0 Å². The highest BCUT2D eigenvalue weighted by Crippen LogP contribution is 2.25. The number of aromatic amines is 1. The van der Waals surface area contributed by atoms with Crippen molar-refractivity contribution < 1.29 is 4.74 Å². The van der Waals surface area contributed by atoms with Gasteiger partial charge in [-0.3, -0.25) is 4.98 Å². The second-order valence-corrected chi connectivity index (χ2v) is 6.89. The first-order valence-corrected chi connectivity index (χ1v) is 9.42. The van der Waals surface area contributed by atoms with Crippen molar-refractivity contribution in [2.45, 2.75) is 20.5 Å². The van der Waals surface area contributed by atoms with E-state index in [-0.39, 0.29) is 0 Å². The van der Waals surface area contributed by atoms with E-state index < -0.39 is 5.69 Å². The van der Waals surface area contributed by atoms with Crippen LogP contribution < -0.4 is 10.4 Å². The van der Waals surface area contributed by atoms with Crippen LogP contribution in [-0.2, 0) is 6.61 Å². The Hall–Kier alpha value is -3.73. The Morgan fingerprint density at radius 3 is 2.21 bits per heavy atom. The fraction of sp³-hybridized carbons (Fsp3) is 0.125. The van der Waals surface area contributed by atoms with Crippen LogP contribution in [0.1, 0.15) is 16.7 Å². The Bertz CT molecular complexity index is 1160. The second-order valence-electron chi connectivity index (χ2n) is 6.89. The third-order valence-corrected chi connectivity index (χ3v) is 4.73. The normalized spacial score (nSPS) is 10.7. The number of nitrogens with one attached hydrogen (secondary N) is 1. The first kappa shape index (κ1) is 18.6. The Morgan fingerprint density at radius 1 is 0.828 bits per heavy atom. The summed E-state index contributed by atoms with van der Waals surface area (Å²) in [6, 6.07) is 23.4. The molecule has 0 saturated carbocycles. The summed E-state index contributed by atoms with van der Waals surface area (Å²) in [6.07, 6.45) is 0. The van der Waals surface area contributed by atoms with Crippen LogP contribution in [0.3, 0.4) is 0 Å². The highest BCUT2D eigenvalue weighted by Gasteiger charge is 2.12. The lowest BCUT2D eigenvalue weighted by Crippen LogP contribution is -2.15. The molecule has 0 amide bonds. The number of rotatable bonds is 5. The maximum atomic E-state index is 12.2. The molecule has 0 unspecified atom stereocenters. The molecule has 0 fully saturated rings. The maximum Gasteiger partial charge on any atom is 0.348 e. The van der Waals surface area contributed by atoms with Crippen LogP contribution in [0.4, 0.5) is 0 Å². The summed E-state index contributed by atoms with van der Waals surface area (Å²) in [4.78, 5) is 23.6. The van der Waals surface area contributed by atoms with Crippen LogP contribution in [0, 0.1) is 13.8 Å². The molecular formula is C24H21N3O2. The predicted molar refractivity (Wildman–Crippen MR) is 114 cm³/mol. The molecule has 0 atom stereocenters. The number of benzene rings is 3. The van der Waals surface area contributed by atoms with Gasteiger partial charge in [-0.25, -0.2) is 9.78 Å². The lowest BCUT2D eigenvalue weighted by molar-refractivity contribution is 0.306. The van der Waals surface area contributed by atoms with E-state index in [9.17, 15) is 4.79 Å². The van der Waals surface area contributed by atoms with E-state index in [2.05, 4.69) is 15.0 Å². The van der Waals surface area contributed by atoms with Gasteiger partial charge in [0.25, 0.3) is 0 Å². The molecule has 0 radical (unpaired) electrons. The van der Waals surface area contributed by atoms with E-state index in [1.165, 1.54) is 0 Å². The van der Waals surface area contributed by atoms with Crippen molar-refractivity contribution in [1.82, 2.24) is 15.0 Å². The molecule has 4 aromatic rings. The Labute approximate surface area is 169 Å². The minimum Gasteiger partial charge on any atom is -0.489 e. The summed E-state index contributed by atoms with van der Waals surface area (Å²) >= 11 is 0. The van der Waals surface area contributed by atoms with Crippen molar-refractivity contribution in [3.05, 3.63) is 100.0 Å². The van der Waals surface area contributed by atoms with E-state index in [1.54, 1.807) is 0 Å². The molecule has 5 heteroatoms. The Morgan fingerprint density at radius 2 is 1.52 bits per heavy atom. The van der Waals surface area contributed by atoms with Crippen LogP contribution in [0.15, 0.2) is 77.6 Å². The molecular weight excluding hydrogens is 362 g/mol. The first-order valence-electron chi connectivity index (χ1n) is 9.42. The number of H-pyrrole nitrogens is 1. The average molecular weight is 383 g/mol. The lowest BCUT2D eigenvalue weighted by Gasteiger charge is -2.10. The number of hydrogen-bond acceptors (Lipinski definition) is 4. The fourth-order valence-corrected chi connectivity index (χ4v) is 3.26.